The van der Waals surface area contributed by atoms with E-state index >= 15 is 0 Å². The number of carbonyl (C=O) groups is 1. The highest BCUT2D eigenvalue weighted by Crippen LogP contribution is 2.25. The predicted octanol–water partition coefficient (Wildman–Crippen LogP) is 2.04. The largest absolute Gasteiger partial charge is 0.359 e. The zero-order chi connectivity index (χ0) is 11.3. The number of aryl methyl sites for hydroxylation is 1. The Balaban J connectivity index is 2.23. The van der Waals surface area contributed by atoms with Gasteiger partial charge in [-0.1, -0.05) is 0 Å². The summed E-state index contributed by atoms with van der Waals surface area (Å²) in [5.41, 5.74) is 0. The van der Waals surface area contributed by atoms with Gasteiger partial charge in [0.05, 0.1) is 0 Å². The van der Waals surface area contributed by atoms with Crippen LogP contribution in [0.25, 0.3) is 0 Å². The molecule has 1 rings (SSSR count). The molecule has 0 atom stereocenters. The lowest BCUT2D eigenvalue weighted by Crippen LogP contribution is -2.24. The molecule has 1 amide bonds. The number of thiophene rings is 1. The van der Waals surface area contributed by atoms with Crippen LogP contribution < -0.4 is 10.6 Å². The van der Waals surface area contributed by atoms with Crippen LogP contribution in [0.3, 0.4) is 0 Å². The molecule has 1 aromatic rings. The lowest BCUT2D eigenvalue weighted by Gasteiger charge is -2.01. The Morgan fingerprint density at radius 1 is 1.60 bits per heavy atom. The SMILES string of the molecule is CNC(=O)CCNCc1cc(Br)c(C)s1. The van der Waals surface area contributed by atoms with E-state index in [0.29, 0.717) is 13.0 Å². The van der Waals surface area contributed by atoms with Gasteiger partial charge in [0.2, 0.25) is 5.91 Å². The molecule has 0 aromatic carbocycles. The molecule has 0 saturated carbocycles. The van der Waals surface area contributed by atoms with E-state index in [-0.39, 0.29) is 5.91 Å². The Morgan fingerprint density at radius 3 is 2.87 bits per heavy atom. The van der Waals surface area contributed by atoms with Crippen molar-refractivity contribution in [3.63, 3.8) is 0 Å². The Bertz CT molecular complexity index is 319. The Hall–Kier alpha value is -0.390. The molecule has 0 spiro atoms. The van der Waals surface area contributed by atoms with Crippen LogP contribution in [0.15, 0.2) is 10.5 Å². The summed E-state index contributed by atoms with van der Waals surface area (Å²) in [6, 6.07) is 2.12. The minimum atomic E-state index is 0.0750. The number of hydrogen-bond acceptors (Lipinski definition) is 3. The van der Waals surface area contributed by atoms with Crippen molar-refractivity contribution in [2.24, 2.45) is 0 Å². The average molecular weight is 291 g/mol. The molecule has 0 bridgehead atoms. The monoisotopic (exact) mass is 290 g/mol. The molecular weight excluding hydrogens is 276 g/mol. The van der Waals surface area contributed by atoms with Crippen LogP contribution >= 0.6 is 27.3 Å². The lowest BCUT2D eigenvalue weighted by atomic mass is 10.4. The highest BCUT2D eigenvalue weighted by molar-refractivity contribution is 9.10. The van der Waals surface area contributed by atoms with Gasteiger partial charge in [0.25, 0.3) is 0 Å². The van der Waals surface area contributed by atoms with Crippen molar-refractivity contribution in [2.45, 2.75) is 19.9 Å². The summed E-state index contributed by atoms with van der Waals surface area (Å²) in [6.07, 6.45) is 0.530. The van der Waals surface area contributed by atoms with Crippen LogP contribution in [0, 0.1) is 6.92 Å². The molecule has 0 aliphatic carbocycles. The van der Waals surface area contributed by atoms with Crippen molar-refractivity contribution >= 4 is 33.2 Å². The van der Waals surface area contributed by atoms with Gasteiger partial charge in [-0.2, -0.15) is 0 Å². The fraction of sp³-hybridized carbons (Fsp3) is 0.500. The van der Waals surface area contributed by atoms with Gasteiger partial charge in [-0.15, -0.1) is 11.3 Å². The van der Waals surface area contributed by atoms with Crippen molar-refractivity contribution < 1.29 is 4.79 Å². The van der Waals surface area contributed by atoms with Crippen LogP contribution in [-0.2, 0) is 11.3 Å². The molecule has 1 heterocycles. The van der Waals surface area contributed by atoms with E-state index in [1.807, 2.05) is 0 Å². The normalized spacial score (nSPS) is 10.3. The molecule has 0 aliphatic rings. The fourth-order valence-corrected chi connectivity index (χ4v) is 2.71. The zero-order valence-corrected chi connectivity index (χ0v) is 11.3. The quantitative estimate of drug-likeness (QED) is 0.815. The summed E-state index contributed by atoms with van der Waals surface area (Å²) in [7, 11) is 1.65. The molecule has 1 aromatic heterocycles. The summed E-state index contributed by atoms with van der Waals surface area (Å²) < 4.78 is 1.16. The second-order valence-corrected chi connectivity index (χ2v) is 5.41. The van der Waals surface area contributed by atoms with E-state index in [4.69, 9.17) is 0 Å². The third-order valence-corrected chi connectivity index (χ3v) is 4.15. The van der Waals surface area contributed by atoms with Gasteiger partial charge in [0.1, 0.15) is 0 Å². The molecule has 0 saturated heterocycles. The van der Waals surface area contributed by atoms with E-state index < -0.39 is 0 Å². The lowest BCUT2D eigenvalue weighted by molar-refractivity contribution is -0.120. The first-order valence-corrected chi connectivity index (χ1v) is 6.40. The first-order valence-electron chi connectivity index (χ1n) is 4.79. The molecular formula is C10H15BrN2OS. The van der Waals surface area contributed by atoms with Crippen molar-refractivity contribution in [2.75, 3.05) is 13.6 Å². The smallest absolute Gasteiger partial charge is 0.221 e. The van der Waals surface area contributed by atoms with Crippen LogP contribution in [0.1, 0.15) is 16.2 Å². The zero-order valence-electron chi connectivity index (χ0n) is 8.89. The van der Waals surface area contributed by atoms with E-state index in [1.54, 1.807) is 18.4 Å². The van der Waals surface area contributed by atoms with Crippen molar-refractivity contribution in [3.05, 3.63) is 20.3 Å². The van der Waals surface area contributed by atoms with Crippen LogP contribution in [0.5, 0.6) is 0 Å². The Morgan fingerprint density at radius 2 is 2.33 bits per heavy atom. The molecule has 0 unspecified atom stereocenters. The standard InChI is InChI=1S/C10H15BrN2OS/c1-7-9(11)5-8(15-7)6-13-4-3-10(14)12-2/h5,13H,3-4,6H2,1-2H3,(H,12,14). The molecule has 5 heteroatoms. The molecule has 2 N–H and O–H groups in total. The topological polar surface area (TPSA) is 41.1 Å². The van der Waals surface area contributed by atoms with E-state index in [1.165, 1.54) is 9.75 Å². The van der Waals surface area contributed by atoms with Crippen molar-refractivity contribution in [1.82, 2.24) is 10.6 Å². The summed E-state index contributed by atoms with van der Waals surface area (Å²) in [4.78, 5) is 13.5. The number of halogens is 1. The number of amides is 1. The highest BCUT2D eigenvalue weighted by Gasteiger charge is 2.02. The van der Waals surface area contributed by atoms with E-state index in [2.05, 4.69) is 39.6 Å². The Kier molecular flexibility index (Phi) is 5.28. The van der Waals surface area contributed by atoms with Gasteiger partial charge in [-0.3, -0.25) is 4.79 Å². The number of hydrogen-bond donors (Lipinski definition) is 2. The van der Waals surface area contributed by atoms with E-state index in [9.17, 15) is 4.79 Å². The average Bonchev–Trinajstić information content (AvgIpc) is 2.53. The summed E-state index contributed by atoms with van der Waals surface area (Å²) >= 11 is 5.25. The van der Waals surface area contributed by atoms with Gasteiger partial charge in [0.15, 0.2) is 0 Å². The summed E-state index contributed by atoms with van der Waals surface area (Å²) in [5.74, 6) is 0.0750. The first kappa shape index (κ1) is 12.7. The predicted molar refractivity (Wildman–Crippen MR) is 67.1 cm³/mol. The minimum Gasteiger partial charge on any atom is -0.359 e. The van der Waals surface area contributed by atoms with Gasteiger partial charge >= 0.3 is 0 Å². The molecule has 15 heavy (non-hydrogen) atoms. The third kappa shape index (κ3) is 4.32. The maximum absolute atomic E-state index is 10.9. The summed E-state index contributed by atoms with van der Waals surface area (Å²) in [5, 5.41) is 5.83. The van der Waals surface area contributed by atoms with Crippen LogP contribution in [0.4, 0.5) is 0 Å². The maximum Gasteiger partial charge on any atom is 0.221 e. The number of rotatable bonds is 5. The number of carbonyl (C=O) groups excluding carboxylic acids is 1. The third-order valence-electron chi connectivity index (χ3n) is 2.02. The fourth-order valence-electron chi connectivity index (χ4n) is 1.14. The van der Waals surface area contributed by atoms with Crippen molar-refractivity contribution in [3.8, 4) is 0 Å². The highest BCUT2D eigenvalue weighted by atomic mass is 79.9. The minimum absolute atomic E-state index is 0.0750. The molecule has 84 valence electrons. The maximum atomic E-state index is 10.9. The second-order valence-electron chi connectivity index (χ2n) is 3.22. The first-order chi connectivity index (χ1) is 7.13. The molecule has 0 fully saturated rings. The van der Waals surface area contributed by atoms with Gasteiger partial charge < -0.3 is 10.6 Å². The summed E-state index contributed by atoms with van der Waals surface area (Å²) in [6.45, 7) is 3.63. The van der Waals surface area contributed by atoms with Crippen LogP contribution in [0.2, 0.25) is 0 Å². The Labute approximate surface area is 102 Å². The molecule has 0 radical (unpaired) electrons. The second kappa shape index (κ2) is 6.25. The van der Waals surface area contributed by atoms with Gasteiger partial charge in [-0.05, 0) is 28.9 Å². The van der Waals surface area contributed by atoms with Gasteiger partial charge in [-0.25, -0.2) is 0 Å². The van der Waals surface area contributed by atoms with E-state index in [0.717, 1.165) is 11.0 Å². The number of nitrogens with one attached hydrogen (secondary N) is 2. The van der Waals surface area contributed by atoms with Crippen LogP contribution in [-0.4, -0.2) is 19.5 Å². The molecule has 3 nitrogen and oxygen atoms in total. The molecule has 0 aliphatic heterocycles. The van der Waals surface area contributed by atoms with Gasteiger partial charge in [0, 0.05) is 40.8 Å². The van der Waals surface area contributed by atoms with Crippen molar-refractivity contribution in [1.29, 1.82) is 0 Å².